The quantitative estimate of drug-likeness (QED) is 0.426. The predicted molar refractivity (Wildman–Crippen MR) is 133 cm³/mol. The molecule has 0 radical (unpaired) electrons. The zero-order valence-electron chi connectivity index (χ0n) is 18.8. The van der Waals surface area contributed by atoms with Gasteiger partial charge in [0, 0.05) is 50.7 Å². The second kappa shape index (κ2) is 7.88. The fourth-order valence-corrected chi connectivity index (χ4v) is 4.59. The van der Waals surface area contributed by atoms with E-state index in [1.807, 2.05) is 37.6 Å². The van der Waals surface area contributed by atoms with Crippen LogP contribution >= 0.6 is 0 Å². The van der Waals surface area contributed by atoms with Gasteiger partial charge in [0.25, 0.3) is 0 Å². The van der Waals surface area contributed by atoms with Crippen LogP contribution in [0.5, 0.6) is 0 Å². The molecule has 1 fully saturated rings. The van der Waals surface area contributed by atoms with Gasteiger partial charge in [-0.05, 0) is 43.5 Å². The van der Waals surface area contributed by atoms with Gasteiger partial charge in [0.2, 0.25) is 0 Å². The molecule has 0 spiro atoms. The molecule has 166 valence electrons. The number of para-hydroxylation sites is 1. The summed E-state index contributed by atoms with van der Waals surface area (Å²) in [7, 11) is 4.02. The van der Waals surface area contributed by atoms with E-state index >= 15 is 0 Å². The lowest BCUT2D eigenvalue weighted by molar-refractivity contribution is 0.579. The van der Waals surface area contributed by atoms with Gasteiger partial charge in [0.1, 0.15) is 11.2 Å². The SMILES string of the molecule is CN(C)c1cncc(-c2cnc3[nH]nc(-c4nc5c(N6CCCCC6)cccc5[nH]4)c3c2)c1. The van der Waals surface area contributed by atoms with Crippen LogP contribution < -0.4 is 9.80 Å². The number of aromatic amines is 2. The summed E-state index contributed by atoms with van der Waals surface area (Å²) in [4.78, 5) is 22.0. The van der Waals surface area contributed by atoms with Crippen molar-refractivity contribution in [1.82, 2.24) is 30.1 Å². The normalized spacial score (nSPS) is 14.3. The first-order chi connectivity index (χ1) is 16.2. The molecule has 8 heteroatoms. The molecule has 8 nitrogen and oxygen atoms in total. The minimum atomic E-state index is 0.738. The first-order valence-corrected chi connectivity index (χ1v) is 11.4. The maximum atomic E-state index is 4.99. The van der Waals surface area contributed by atoms with E-state index in [-0.39, 0.29) is 0 Å². The smallest absolute Gasteiger partial charge is 0.159 e. The molecule has 5 heterocycles. The largest absolute Gasteiger partial charge is 0.376 e. The Kier molecular flexibility index (Phi) is 4.71. The third-order valence-electron chi connectivity index (χ3n) is 6.40. The molecule has 0 atom stereocenters. The highest BCUT2D eigenvalue weighted by Gasteiger charge is 2.19. The minimum absolute atomic E-state index is 0.738. The lowest BCUT2D eigenvalue weighted by Gasteiger charge is -2.28. The summed E-state index contributed by atoms with van der Waals surface area (Å²) in [5, 5.41) is 8.56. The summed E-state index contributed by atoms with van der Waals surface area (Å²) in [6, 6.07) is 10.6. The Morgan fingerprint density at radius 3 is 2.67 bits per heavy atom. The van der Waals surface area contributed by atoms with E-state index in [2.05, 4.69) is 60.4 Å². The second-order valence-electron chi connectivity index (χ2n) is 8.83. The van der Waals surface area contributed by atoms with Crippen LogP contribution in [-0.2, 0) is 0 Å². The molecule has 0 aliphatic carbocycles. The van der Waals surface area contributed by atoms with E-state index < -0.39 is 0 Å². The average molecular weight is 439 g/mol. The third kappa shape index (κ3) is 3.47. The maximum absolute atomic E-state index is 4.99. The Morgan fingerprint density at radius 1 is 0.970 bits per heavy atom. The van der Waals surface area contributed by atoms with Gasteiger partial charge in [0.15, 0.2) is 11.5 Å². The zero-order valence-corrected chi connectivity index (χ0v) is 18.8. The van der Waals surface area contributed by atoms with Gasteiger partial charge in [-0.2, -0.15) is 5.10 Å². The van der Waals surface area contributed by atoms with Crippen LogP contribution in [0, 0.1) is 0 Å². The number of anilines is 2. The molecule has 0 unspecified atom stereocenters. The number of benzene rings is 1. The molecule has 0 bridgehead atoms. The van der Waals surface area contributed by atoms with Gasteiger partial charge in [-0.1, -0.05) is 6.07 Å². The molecule has 6 rings (SSSR count). The van der Waals surface area contributed by atoms with Crippen LogP contribution in [-0.4, -0.2) is 57.3 Å². The Hall–Kier alpha value is -3.94. The standard InChI is InChI=1S/C25H26N8/c1-32(2)18-11-16(13-26-15-18)17-12-19-22(30-31-24(19)27-14-17)25-28-20-7-6-8-21(23(20)29-25)33-9-4-3-5-10-33/h6-8,11-15H,3-5,9-10H2,1-2H3,(H,28,29)(H,27,30,31). The van der Waals surface area contributed by atoms with Crippen LogP contribution in [0.2, 0.25) is 0 Å². The van der Waals surface area contributed by atoms with Crippen molar-refractivity contribution in [3.63, 3.8) is 0 Å². The number of piperidine rings is 1. The number of aromatic nitrogens is 6. The van der Waals surface area contributed by atoms with Crippen molar-refractivity contribution in [3.8, 4) is 22.6 Å². The number of pyridine rings is 2. The fourth-order valence-electron chi connectivity index (χ4n) is 4.59. The first-order valence-electron chi connectivity index (χ1n) is 11.4. The first kappa shape index (κ1) is 19.7. The molecular formula is C25H26N8. The molecule has 1 aliphatic heterocycles. The van der Waals surface area contributed by atoms with E-state index in [1.54, 1.807) is 0 Å². The highest BCUT2D eigenvalue weighted by Crippen LogP contribution is 2.33. The second-order valence-corrected chi connectivity index (χ2v) is 8.83. The van der Waals surface area contributed by atoms with E-state index in [9.17, 15) is 0 Å². The molecule has 4 aromatic heterocycles. The van der Waals surface area contributed by atoms with Crippen molar-refractivity contribution in [3.05, 3.63) is 48.9 Å². The summed E-state index contributed by atoms with van der Waals surface area (Å²) in [6.07, 6.45) is 9.34. The molecule has 1 aromatic carbocycles. The molecule has 2 N–H and O–H groups in total. The van der Waals surface area contributed by atoms with E-state index in [4.69, 9.17) is 4.98 Å². The van der Waals surface area contributed by atoms with Gasteiger partial charge >= 0.3 is 0 Å². The topological polar surface area (TPSA) is 89.6 Å². The molecule has 33 heavy (non-hydrogen) atoms. The van der Waals surface area contributed by atoms with Crippen molar-refractivity contribution >= 4 is 33.4 Å². The lowest BCUT2D eigenvalue weighted by atomic mass is 10.1. The summed E-state index contributed by atoms with van der Waals surface area (Å²) in [5.74, 6) is 0.750. The molecule has 0 saturated carbocycles. The van der Waals surface area contributed by atoms with Crippen molar-refractivity contribution in [1.29, 1.82) is 0 Å². The number of imidazole rings is 1. The Balaban J connectivity index is 1.44. The van der Waals surface area contributed by atoms with E-state index in [0.29, 0.717) is 0 Å². The predicted octanol–water partition coefficient (Wildman–Crippen LogP) is 4.62. The number of rotatable bonds is 4. The number of hydrogen-bond donors (Lipinski definition) is 2. The molecule has 5 aromatic rings. The van der Waals surface area contributed by atoms with Crippen LogP contribution in [0.3, 0.4) is 0 Å². The molecule has 0 amide bonds. The zero-order chi connectivity index (χ0) is 22.4. The van der Waals surface area contributed by atoms with Gasteiger partial charge in [-0.3, -0.25) is 10.1 Å². The lowest BCUT2D eigenvalue weighted by Crippen LogP contribution is -2.29. The number of nitrogens with zero attached hydrogens (tertiary/aromatic N) is 6. The van der Waals surface area contributed by atoms with Crippen LogP contribution in [0.4, 0.5) is 11.4 Å². The van der Waals surface area contributed by atoms with Gasteiger partial charge in [-0.15, -0.1) is 0 Å². The molecule has 1 aliphatic rings. The average Bonchev–Trinajstić information content (AvgIpc) is 3.48. The van der Waals surface area contributed by atoms with Crippen LogP contribution in [0.15, 0.2) is 48.9 Å². The third-order valence-corrected chi connectivity index (χ3v) is 6.40. The monoisotopic (exact) mass is 438 g/mol. The highest BCUT2D eigenvalue weighted by atomic mass is 15.2. The van der Waals surface area contributed by atoms with Crippen molar-refractivity contribution in [2.45, 2.75) is 19.3 Å². The molecular weight excluding hydrogens is 412 g/mol. The van der Waals surface area contributed by atoms with Gasteiger partial charge in [-0.25, -0.2) is 9.97 Å². The summed E-state index contributed by atoms with van der Waals surface area (Å²) in [6.45, 7) is 2.17. The Bertz CT molecular complexity index is 1440. The number of nitrogens with one attached hydrogen (secondary N) is 2. The fraction of sp³-hybridized carbons (Fsp3) is 0.280. The summed E-state index contributed by atoms with van der Waals surface area (Å²) >= 11 is 0. The van der Waals surface area contributed by atoms with Crippen molar-refractivity contribution < 1.29 is 0 Å². The maximum Gasteiger partial charge on any atom is 0.159 e. The summed E-state index contributed by atoms with van der Waals surface area (Å²) < 4.78 is 0. The van der Waals surface area contributed by atoms with Crippen molar-refractivity contribution in [2.75, 3.05) is 37.0 Å². The summed E-state index contributed by atoms with van der Waals surface area (Å²) in [5.41, 5.74) is 7.78. The minimum Gasteiger partial charge on any atom is -0.376 e. The number of hydrogen-bond acceptors (Lipinski definition) is 6. The highest BCUT2D eigenvalue weighted by molar-refractivity contribution is 5.96. The van der Waals surface area contributed by atoms with Gasteiger partial charge < -0.3 is 14.8 Å². The number of fused-ring (bicyclic) bond motifs is 2. The number of H-pyrrole nitrogens is 2. The molecule has 1 saturated heterocycles. The van der Waals surface area contributed by atoms with Crippen molar-refractivity contribution in [2.24, 2.45) is 0 Å². The Labute approximate surface area is 191 Å². The van der Waals surface area contributed by atoms with E-state index in [1.165, 1.54) is 24.9 Å². The van der Waals surface area contributed by atoms with Crippen LogP contribution in [0.1, 0.15) is 19.3 Å². The van der Waals surface area contributed by atoms with E-state index in [0.717, 1.165) is 63.5 Å². The van der Waals surface area contributed by atoms with Crippen LogP contribution in [0.25, 0.3) is 44.7 Å². The van der Waals surface area contributed by atoms with Gasteiger partial charge in [0.05, 0.1) is 28.5 Å². The Morgan fingerprint density at radius 2 is 1.82 bits per heavy atom.